The minimum atomic E-state index is -5.79. The SMILES string of the molecule is CC(=O)O[C@@H]1CC2=CC[C@H]3[C@@H]4CC[C@H]([C@H](C)CCCC(O)(C(F)(F)F)C(F)(F)F)[C@@]4(C)CC[C@@H]3[C@@]2(C)[C@@H](OC(C)=O)C1. The molecule has 0 amide bonds. The van der Waals surface area contributed by atoms with Crippen molar-refractivity contribution in [2.75, 3.05) is 0 Å². The number of carbonyl (C=O) groups excluding carboxylic acids is 2. The van der Waals surface area contributed by atoms with Gasteiger partial charge in [0.2, 0.25) is 0 Å². The molecule has 4 aliphatic rings. The number of halogens is 6. The molecule has 4 rings (SSSR count). The Morgan fingerprint density at radius 3 is 2.19 bits per heavy atom. The summed E-state index contributed by atoms with van der Waals surface area (Å²) in [5.41, 5.74) is -4.07. The first-order chi connectivity index (χ1) is 19.3. The fourth-order valence-corrected chi connectivity index (χ4v) is 9.65. The van der Waals surface area contributed by atoms with Crippen LogP contribution in [0.2, 0.25) is 0 Å². The number of fused-ring (bicyclic) bond motifs is 5. The number of carbonyl (C=O) groups is 2. The Morgan fingerprint density at radius 1 is 1.00 bits per heavy atom. The maximum atomic E-state index is 13.2. The van der Waals surface area contributed by atoms with Crippen molar-refractivity contribution in [3.63, 3.8) is 0 Å². The second-order valence-corrected chi connectivity index (χ2v) is 13.8. The number of aliphatic hydroxyl groups is 1. The number of hydrogen-bond donors (Lipinski definition) is 1. The van der Waals surface area contributed by atoms with Crippen molar-refractivity contribution >= 4 is 11.9 Å². The van der Waals surface area contributed by atoms with E-state index >= 15 is 0 Å². The van der Waals surface area contributed by atoms with Crippen molar-refractivity contribution in [3.05, 3.63) is 11.6 Å². The molecular weight excluding hydrogens is 566 g/mol. The molecular formula is C31H44F6O5. The van der Waals surface area contributed by atoms with Gasteiger partial charge in [0.05, 0.1) is 0 Å². The lowest BCUT2D eigenvalue weighted by molar-refractivity contribution is -0.370. The highest BCUT2D eigenvalue weighted by Gasteiger charge is 2.69. The number of alkyl halides is 6. The molecule has 0 aromatic heterocycles. The molecule has 0 radical (unpaired) electrons. The fourth-order valence-electron chi connectivity index (χ4n) is 9.65. The van der Waals surface area contributed by atoms with Crippen LogP contribution in [0.25, 0.3) is 0 Å². The molecule has 1 N–H and O–H groups in total. The molecule has 11 heteroatoms. The largest absolute Gasteiger partial charge is 0.462 e. The summed E-state index contributed by atoms with van der Waals surface area (Å²) in [6, 6.07) is 0. The fraction of sp³-hybridized carbons (Fsp3) is 0.871. The van der Waals surface area contributed by atoms with Crippen LogP contribution in [0.1, 0.15) is 98.8 Å². The zero-order valence-electron chi connectivity index (χ0n) is 25.0. The van der Waals surface area contributed by atoms with Crippen LogP contribution >= 0.6 is 0 Å². The zero-order chi connectivity index (χ0) is 31.5. The number of hydrogen-bond acceptors (Lipinski definition) is 5. The molecule has 0 bridgehead atoms. The van der Waals surface area contributed by atoms with Gasteiger partial charge in [-0.25, -0.2) is 0 Å². The molecule has 4 aliphatic carbocycles. The van der Waals surface area contributed by atoms with Gasteiger partial charge >= 0.3 is 24.3 Å². The summed E-state index contributed by atoms with van der Waals surface area (Å²) in [5, 5.41) is 9.57. The van der Waals surface area contributed by atoms with Gasteiger partial charge in [-0.05, 0) is 80.0 Å². The molecule has 0 aliphatic heterocycles. The summed E-state index contributed by atoms with van der Waals surface area (Å²) in [6.45, 7) is 9.05. The van der Waals surface area contributed by atoms with E-state index in [4.69, 9.17) is 9.47 Å². The number of rotatable bonds is 7. The van der Waals surface area contributed by atoms with E-state index in [1.807, 2.05) is 6.92 Å². The molecule has 0 unspecified atom stereocenters. The summed E-state index contributed by atoms with van der Waals surface area (Å²) >= 11 is 0. The Balaban J connectivity index is 1.50. The molecule has 3 saturated carbocycles. The average Bonchev–Trinajstić information content (AvgIpc) is 3.20. The third kappa shape index (κ3) is 5.60. The van der Waals surface area contributed by atoms with Gasteiger partial charge in [0.1, 0.15) is 12.2 Å². The molecule has 240 valence electrons. The Hall–Kier alpha value is -1.78. The third-order valence-electron chi connectivity index (χ3n) is 11.7. The minimum Gasteiger partial charge on any atom is -0.462 e. The van der Waals surface area contributed by atoms with Crippen LogP contribution in [-0.4, -0.2) is 47.2 Å². The zero-order valence-corrected chi connectivity index (χ0v) is 25.0. The molecule has 0 heterocycles. The van der Waals surface area contributed by atoms with Gasteiger partial charge in [0.15, 0.2) is 0 Å². The van der Waals surface area contributed by atoms with Crippen LogP contribution in [0, 0.1) is 40.4 Å². The first-order valence-electron chi connectivity index (χ1n) is 15.2. The molecule has 3 fully saturated rings. The first-order valence-corrected chi connectivity index (χ1v) is 15.2. The van der Waals surface area contributed by atoms with Crippen molar-refractivity contribution in [1.82, 2.24) is 0 Å². The highest BCUT2D eigenvalue weighted by molar-refractivity contribution is 5.67. The summed E-state index contributed by atoms with van der Waals surface area (Å²) in [7, 11) is 0. The van der Waals surface area contributed by atoms with E-state index in [0.29, 0.717) is 24.7 Å². The van der Waals surface area contributed by atoms with Gasteiger partial charge in [-0.2, -0.15) is 26.3 Å². The van der Waals surface area contributed by atoms with Crippen LogP contribution in [0.5, 0.6) is 0 Å². The Bertz CT molecular complexity index is 1060. The monoisotopic (exact) mass is 610 g/mol. The minimum absolute atomic E-state index is 0.0967. The molecule has 0 saturated heterocycles. The van der Waals surface area contributed by atoms with Gasteiger partial charge in [0.25, 0.3) is 5.60 Å². The highest BCUT2D eigenvalue weighted by Crippen LogP contribution is 2.67. The van der Waals surface area contributed by atoms with E-state index < -0.39 is 35.9 Å². The first kappa shape index (κ1) is 33.1. The maximum absolute atomic E-state index is 13.2. The van der Waals surface area contributed by atoms with Gasteiger partial charge in [-0.3, -0.25) is 9.59 Å². The molecule has 5 nitrogen and oxygen atoms in total. The number of allylic oxidation sites excluding steroid dienone is 1. The normalized spacial score (nSPS) is 37.6. The number of esters is 2. The van der Waals surface area contributed by atoms with E-state index in [0.717, 1.165) is 37.7 Å². The molecule has 0 aromatic carbocycles. The Morgan fingerprint density at radius 2 is 1.62 bits per heavy atom. The van der Waals surface area contributed by atoms with E-state index in [9.17, 15) is 41.0 Å². The van der Waals surface area contributed by atoms with Gasteiger partial charge in [-0.1, -0.05) is 38.8 Å². The molecule has 0 aromatic rings. The molecule has 9 atom stereocenters. The van der Waals surface area contributed by atoms with Crippen molar-refractivity contribution < 1.29 is 50.5 Å². The predicted octanol–water partition coefficient (Wildman–Crippen LogP) is 7.70. The topological polar surface area (TPSA) is 72.8 Å². The van der Waals surface area contributed by atoms with Crippen LogP contribution in [0.3, 0.4) is 0 Å². The van der Waals surface area contributed by atoms with Gasteiger partial charge < -0.3 is 14.6 Å². The van der Waals surface area contributed by atoms with Crippen molar-refractivity contribution in [2.24, 2.45) is 40.4 Å². The van der Waals surface area contributed by atoms with E-state index in [-0.39, 0.29) is 54.1 Å². The van der Waals surface area contributed by atoms with Crippen molar-refractivity contribution in [2.45, 2.75) is 129 Å². The molecule has 0 spiro atoms. The second-order valence-electron chi connectivity index (χ2n) is 13.8. The van der Waals surface area contributed by atoms with E-state index in [1.165, 1.54) is 13.8 Å². The van der Waals surface area contributed by atoms with Crippen LogP contribution in [0.15, 0.2) is 11.6 Å². The summed E-state index contributed by atoms with van der Waals surface area (Å²) < 4.78 is 90.4. The summed E-state index contributed by atoms with van der Waals surface area (Å²) in [6.07, 6.45) is -6.39. The summed E-state index contributed by atoms with van der Waals surface area (Å²) in [5.74, 6) is 0.158. The maximum Gasteiger partial charge on any atom is 0.426 e. The Labute approximate surface area is 243 Å². The highest BCUT2D eigenvalue weighted by atomic mass is 19.4. The van der Waals surface area contributed by atoms with E-state index in [1.54, 1.807) is 0 Å². The van der Waals surface area contributed by atoms with Crippen molar-refractivity contribution in [3.8, 4) is 0 Å². The third-order valence-corrected chi connectivity index (χ3v) is 11.7. The molecule has 42 heavy (non-hydrogen) atoms. The standard InChI is InChI=1S/C31H44F6O5/c1-17(7-6-13-29(40,30(32,33)34)31(35,36)37)23-10-11-24-22-9-8-20-15-21(41-18(2)38)16-26(42-19(3)39)28(20,5)25(22)12-14-27(23,24)4/h8,17,21-26,40H,6-7,9-16H2,1-5H3/t17-,21-,22+,23-,24+,25+,26+,27-,28+/m1/s1. The lowest BCUT2D eigenvalue weighted by atomic mass is 9.46. The second kappa shape index (κ2) is 11.3. The lowest BCUT2D eigenvalue weighted by Crippen LogP contribution is -2.57. The lowest BCUT2D eigenvalue weighted by Gasteiger charge is -2.60. The summed E-state index contributed by atoms with van der Waals surface area (Å²) in [4.78, 5) is 23.8. The van der Waals surface area contributed by atoms with Crippen molar-refractivity contribution in [1.29, 1.82) is 0 Å². The smallest absolute Gasteiger partial charge is 0.426 e. The van der Waals surface area contributed by atoms with Gasteiger partial charge in [-0.15, -0.1) is 0 Å². The van der Waals surface area contributed by atoms with Gasteiger partial charge in [0, 0.05) is 32.1 Å². The predicted molar refractivity (Wildman–Crippen MR) is 142 cm³/mol. The van der Waals surface area contributed by atoms with E-state index in [2.05, 4.69) is 19.9 Å². The quantitative estimate of drug-likeness (QED) is 0.182. The van der Waals surface area contributed by atoms with Crippen LogP contribution in [-0.2, 0) is 19.1 Å². The van der Waals surface area contributed by atoms with Crippen LogP contribution in [0.4, 0.5) is 26.3 Å². The van der Waals surface area contributed by atoms with Crippen LogP contribution < -0.4 is 0 Å². The average molecular weight is 611 g/mol. The number of ether oxygens (including phenoxy) is 2. The Kier molecular flexibility index (Phi) is 8.91.